The fraction of sp³-hybridized carbons (Fsp3) is 0.250. The average Bonchev–Trinajstić information content (AvgIpc) is 2.84. The molecule has 1 aromatic carbocycles. The zero-order chi connectivity index (χ0) is 14.8. The predicted octanol–water partition coefficient (Wildman–Crippen LogP) is 2.11. The molecule has 0 bridgehead atoms. The quantitative estimate of drug-likeness (QED) is 0.886. The standard InChI is InChI=1S/C12H14FN3O2S2/c1-8-5-9(13)3-4-11(8)20(17,18)15-6-10-7-19-12(14-2)16-10/h3-5,7,15H,6H2,1-2H3,(H,14,16). The molecule has 20 heavy (non-hydrogen) atoms. The topological polar surface area (TPSA) is 71.1 Å². The number of nitrogens with one attached hydrogen (secondary N) is 2. The highest BCUT2D eigenvalue weighted by molar-refractivity contribution is 7.89. The van der Waals surface area contributed by atoms with Crippen LogP contribution in [-0.2, 0) is 16.6 Å². The van der Waals surface area contributed by atoms with E-state index in [9.17, 15) is 12.8 Å². The number of hydrogen-bond donors (Lipinski definition) is 2. The highest BCUT2D eigenvalue weighted by Gasteiger charge is 2.17. The van der Waals surface area contributed by atoms with E-state index in [0.29, 0.717) is 11.3 Å². The Kier molecular flexibility index (Phi) is 4.36. The molecule has 0 saturated heterocycles. The third kappa shape index (κ3) is 3.33. The lowest BCUT2D eigenvalue weighted by atomic mass is 10.2. The molecule has 1 heterocycles. The number of rotatable bonds is 5. The van der Waals surface area contributed by atoms with Crippen LogP contribution < -0.4 is 10.0 Å². The summed E-state index contributed by atoms with van der Waals surface area (Å²) in [7, 11) is -1.93. The third-order valence-corrected chi connectivity index (χ3v) is 5.11. The SMILES string of the molecule is CNc1nc(CNS(=O)(=O)c2ccc(F)cc2C)cs1. The van der Waals surface area contributed by atoms with Crippen LogP contribution in [0.25, 0.3) is 0 Å². The van der Waals surface area contributed by atoms with Gasteiger partial charge in [0.05, 0.1) is 17.1 Å². The minimum Gasteiger partial charge on any atom is -0.365 e. The van der Waals surface area contributed by atoms with Crippen molar-refractivity contribution >= 4 is 26.5 Å². The summed E-state index contributed by atoms with van der Waals surface area (Å²) in [5.41, 5.74) is 0.995. The molecule has 0 aliphatic heterocycles. The first-order valence-electron chi connectivity index (χ1n) is 5.80. The summed E-state index contributed by atoms with van der Waals surface area (Å²) in [6, 6.07) is 3.58. The Bertz CT molecular complexity index is 713. The maximum atomic E-state index is 13.0. The van der Waals surface area contributed by atoms with Gasteiger partial charge in [-0.05, 0) is 30.7 Å². The van der Waals surface area contributed by atoms with Gasteiger partial charge in [-0.25, -0.2) is 22.5 Å². The molecular formula is C12H14FN3O2S2. The monoisotopic (exact) mass is 315 g/mol. The minimum atomic E-state index is -3.68. The van der Waals surface area contributed by atoms with Gasteiger partial charge in [-0.1, -0.05) is 0 Å². The molecule has 2 aromatic rings. The molecule has 8 heteroatoms. The van der Waals surface area contributed by atoms with Gasteiger partial charge in [-0.3, -0.25) is 0 Å². The first-order valence-corrected chi connectivity index (χ1v) is 8.16. The van der Waals surface area contributed by atoms with Crippen LogP contribution in [0.5, 0.6) is 0 Å². The smallest absolute Gasteiger partial charge is 0.241 e. The molecule has 0 aliphatic rings. The van der Waals surface area contributed by atoms with Crippen molar-refractivity contribution in [2.75, 3.05) is 12.4 Å². The highest BCUT2D eigenvalue weighted by Crippen LogP contribution is 2.18. The fourth-order valence-corrected chi connectivity index (χ4v) is 3.56. The number of aryl methyl sites for hydroxylation is 1. The summed E-state index contributed by atoms with van der Waals surface area (Å²) in [4.78, 5) is 4.25. The van der Waals surface area contributed by atoms with Crippen LogP contribution in [0.2, 0.25) is 0 Å². The summed E-state index contributed by atoms with van der Waals surface area (Å²) in [6.45, 7) is 1.65. The molecule has 0 unspecified atom stereocenters. The zero-order valence-corrected chi connectivity index (χ0v) is 12.6. The molecule has 0 fully saturated rings. The van der Waals surface area contributed by atoms with Crippen LogP contribution in [0.1, 0.15) is 11.3 Å². The summed E-state index contributed by atoms with van der Waals surface area (Å²) < 4.78 is 39.7. The molecule has 0 spiro atoms. The first-order chi connectivity index (χ1) is 9.42. The largest absolute Gasteiger partial charge is 0.365 e. The van der Waals surface area contributed by atoms with Gasteiger partial charge in [0.1, 0.15) is 5.82 Å². The van der Waals surface area contributed by atoms with E-state index in [-0.39, 0.29) is 11.4 Å². The van der Waals surface area contributed by atoms with E-state index in [0.717, 1.165) is 11.2 Å². The number of hydrogen-bond acceptors (Lipinski definition) is 5. The van der Waals surface area contributed by atoms with Gasteiger partial charge in [0.2, 0.25) is 10.0 Å². The number of halogens is 1. The number of sulfonamides is 1. The molecule has 0 saturated carbocycles. The lowest BCUT2D eigenvalue weighted by Gasteiger charge is -2.08. The van der Waals surface area contributed by atoms with Crippen molar-refractivity contribution in [2.24, 2.45) is 0 Å². The van der Waals surface area contributed by atoms with E-state index >= 15 is 0 Å². The molecule has 0 aliphatic carbocycles. The Morgan fingerprint density at radius 1 is 1.40 bits per heavy atom. The van der Waals surface area contributed by atoms with Crippen molar-refractivity contribution in [3.63, 3.8) is 0 Å². The van der Waals surface area contributed by atoms with Crippen molar-refractivity contribution in [3.8, 4) is 0 Å². The second-order valence-electron chi connectivity index (χ2n) is 4.13. The zero-order valence-electron chi connectivity index (χ0n) is 11.0. The first kappa shape index (κ1) is 14.9. The lowest BCUT2D eigenvalue weighted by Crippen LogP contribution is -2.24. The Balaban J connectivity index is 2.14. The summed E-state index contributed by atoms with van der Waals surface area (Å²) in [5, 5.41) is 5.37. The Morgan fingerprint density at radius 2 is 2.15 bits per heavy atom. The Morgan fingerprint density at radius 3 is 2.75 bits per heavy atom. The van der Waals surface area contributed by atoms with E-state index in [2.05, 4.69) is 15.0 Å². The van der Waals surface area contributed by atoms with Crippen molar-refractivity contribution in [1.82, 2.24) is 9.71 Å². The van der Waals surface area contributed by atoms with E-state index < -0.39 is 15.8 Å². The van der Waals surface area contributed by atoms with Crippen LogP contribution in [0.15, 0.2) is 28.5 Å². The van der Waals surface area contributed by atoms with Crippen LogP contribution >= 0.6 is 11.3 Å². The highest BCUT2D eigenvalue weighted by atomic mass is 32.2. The van der Waals surface area contributed by atoms with Crippen LogP contribution in [0.3, 0.4) is 0 Å². The summed E-state index contributed by atoms with van der Waals surface area (Å²) >= 11 is 1.39. The maximum Gasteiger partial charge on any atom is 0.241 e. The van der Waals surface area contributed by atoms with Gasteiger partial charge in [-0.2, -0.15) is 0 Å². The van der Waals surface area contributed by atoms with E-state index in [1.165, 1.54) is 23.5 Å². The van der Waals surface area contributed by atoms with E-state index in [4.69, 9.17) is 0 Å². The number of nitrogens with zero attached hydrogens (tertiary/aromatic N) is 1. The normalized spacial score (nSPS) is 11.6. The van der Waals surface area contributed by atoms with Crippen molar-refractivity contribution in [2.45, 2.75) is 18.4 Å². The second kappa shape index (κ2) is 5.86. The third-order valence-electron chi connectivity index (χ3n) is 2.64. The molecule has 0 amide bonds. The molecule has 2 rings (SSSR count). The molecule has 108 valence electrons. The second-order valence-corrected chi connectivity index (χ2v) is 6.72. The predicted molar refractivity (Wildman–Crippen MR) is 76.8 cm³/mol. The Labute approximate surface area is 120 Å². The van der Waals surface area contributed by atoms with Crippen molar-refractivity contribution < 1.29 is 12.8 Å². The Hall–Kier alpha value is -1.51. The van der Waals surface area contributed by atoms with Crippen LogP contribution in [0, 0.1) is 12.7 Å². The lowest BCUT2D eigenvalue weighted by molar-refractivity contribution is 0.579. The molecule has 1 aromatic heterocycles. The molecule has 0 atom stereocenters. The number of aromatic nitrogens is 1. The average molecular weight is 315 g/mol. The van der Waals surface area contributed by atoms with Gasteiger partial charge >= 0.3 is 0 Å². The molecule has 0 radical (unpaired) electrons. The maximum absolute atomic E-state index is 13.0. The summed E-state index contributed by atoms with van der Waals surface area (Å²) in [5.74, 6) is -0.459. The van der Waals surface area contributed by atoms with Gasteiger partial charge in [0.25, 0.3) is 0 Å². The number of benzene rings is 1. The number of anilines is 1. The van der Waals surface area contributed by atoms with Gasteiger partial charge in [0.15, 0.2) is 5.13 Å². The summed E-state index contributed by atoms with van der Waals surface area (Å²) in [6.07, 6.45) is 0. The molecule has 5 nitrogen and oxygen atoms in total. The molecule has 2 N–H and O–H groups in total. The minimum absolute atomic E-state index is 0.0722. The van der Waals surface area contributed by atoms with Crippen LogP contribution in [0.4, 0.5) is 9.52 Å². The van der Waals surface area contributed by atoms with Gasteiger partial charge < -0.3 is 5.32 Å². The van der Waals surface area contributed by atoms with Crippen molar-refractivity contribution in [3.05, 3.63) is 40.7 Å². The molecular weight excluding hydrogens is 301 g/mol. The van der Waals surface area contributed by atoms with E-state index in [1.54, 1.807) is 19.4 Å². The van der Waals surface area contributed by atoms with Crippen LogP contribution in [-0.4, -0.2) is 20.4 Å². The van der Waals surface area contributed by atoms with Crippen molar-refractivity contribution in [1.29, 1.82) is 0 Å². The fourth-order valence-electron chi connectivity index (χ4n) is 1.66. The van der Waals surface area contributed by atoms with Gasteiger partial charge in [-0.15, -0.1) is 11.3 Å². The van der Waals surface area contributed by atoms with E-state index in [1.807, 2.05) is 0 Å². The van der Waals surface area contributed by atoms with Gasteiger partial charge in [0, 0.05) is 12.4 Å². The number of thiazole rings is 1.